The second kappa shape index (κ2) is 7.42. The van der Waals surface area contributed by atoms with Gasteiger partial charge in [0.05, 0.1) is 11.7 Å². The fourth-order valence-corrected chi connectivity index (χ4v) is 5.47. The van der Waals surface area contributed by atoms with Gasteiger partial charge < -0.3 is 15.0 Å². The van der Waals surface area contributed by atoms with Crippen LogP contribution in [0.25, 0.3) is 10.8 Å². The summed E-state index contributed by atoms with van der Waals surface area (Å²) in [7, 11) is 0. The number of likely N-dealkylation sites (tertiary alicyclic amines) is 1. The number of anilines is 1. The lowest BCUT2D eigenvalue weighted by Gasteiger charge is -2.31. The Hall–Kier alpha value is -3.70. The van der Waals surface area contributed by atoms with Gasteiger partial charge >= 0.3 is 0 Å². The molecule has 1 saturated heterocycles. The van der Waals surface area contributed by atoms with Crippen molar-refractivity contribution >= 4 is 28.3 Å². The molecule has 164 valence electrons. The zero-order valence-corrected chi connectivity index (χ0v) is 18.3. The highest BCUT2D eigenvalue weighted by Gasteiger charge is 2.65. The summed E-state index contributed by atoms with van der Waals surface area (Å²) in [5, 5.41) is 5.22. The second-order valence-corrected chi connectivity index (χ2v) is 8.82. The van der Waals surface area contributed by atoms with Crippen molar-refractivity contribution in [1.82, 2.24) is 4.90 Å². The van der Waals surface area contributed by atoms with Crippen molar-refractivity contribution in [3.8, 4) is 0 Å². The van der Waals surface area contributed by atoms with E-state index in [0.29, 0.717) is 17.8 Å². The lowest BCUT2D eigenvalue weighted by Crippen LogP contribution is -2.51. The first-order valence-electron chi connectivity index (χ1n) is 11.4. The summed E-state index contributed by atoms with van der Waals surface area (Å²) >= 11 is 0. The van der Waals surface area contributed by atoms with Crippen LogP contribution in [0.15, 0.2) is 96.1 Å². The Morgan fingerprint density at radius 3 is 2.58 bits per heavy atom. The predicted octanol–water partition coefficient (Wildman–Crippen LogP) is 4.60. The van der Waals surface area contributed by atoms with Crippen molar-refractivity contribution in [3.05, 3.63) is 102 Å². The first-order valence-corrected chi connectivity index (χ1v) is 11.4. The molecule has 1 fully saturated rings. The molecular weight excluding hydrogens is 412 g/mol. The van der Waals surface area contributed by atoms with Crippen molar-refractivity contribution in [2.45, 2.75) is 37.6 Å². The van der Waals surface area contributed by atoms with Crippen LogP contribution in [0.5, 0.6) is 0 Å². The van der Waals surface area contributed by atoms with Crippen LogP contribution in [0.2, 0.25) is 0 Å². The topological polar surface area (TPSA) is 58.6 Å². The van der Waals surface area contributed by atoms with Gasteiger partial charge in [-0.15, -0.1) is 0 Å². The number of ether oxygens (including phenoxy) is 1. The quantitative estimate of drug-likeness (QED) is 0.595. The minimum absolute atomic E-state index is 0.110. The van der Waals surface area contributed by atoms with Crippen molar-refractivity contribution in [3.63, 3.8) is 0 Å². The van der Waals surface area contributed by atoms with Crippen LogP contribution >= 0.6 is 0 Å². The zero-order valence-electron chi connectivity index (χ0n) is 18.3. The molecule has 0 radical (unpaired) electrons. The van der Waals surface area contributed by atoms with E-state index in [4.69, 9.17) is 4.74 Å². The lowest BCUT2D eigenvalue weighted by molar-refractivity contribution is -0.135. The van der Waals surface area contributed by atoms with Crippen molar-refractivity contribution in [2.24, 2.45) is 0 Å². The average molecular weight is 437 g/mol. The van der Waals surface area contributed by atoms with Gasteiger partial charge in [-0.05, 0) is 46.5 Å². The molecule has 5 nitrogen and oxygen atoms in total. The highest BCUT2D eigenvalue weighted by atomic mass is 16.5. The fraction of sp³-hybridized carbons (Fsp3) is 0.214. The summed E-state index contributed by atoms with van der Waals surface area (Å²) in [6.45, 7) is 2.38. The Labute approximate surface area is 192 Å². The molecule has 0 unspecified atom stereocenters. The molecule has 2 bridgehead atoms. The maximum absolute atomic E-state index is 13.8. The third-order valence-corrected chi connectivity index (χ3v) is 6.93. The maximum atomic E-state index is 13.8. The molecule has 3 aromatic carbocycles. The maximum Gasteiger partial charge on any atom is 0.254 e. The van der Waals surface area contributed by atoms with Gasteiger partial charge in [0, 0.05) is 12.2 Å². The SMILES string of the molecule is CCC1=C2C(=O)N(Cc3ccccc3)[C@H](C(=O)Nc3ccc4ccccc4c3)[C@]23C=C[C@H]1O3. The molecule has 3 atom stereocenters. The van der Waals surface area contributed by atoms with Crippen LogP contribution in [0.1, 0.15) is 18.9 Å². The Morgan fingerprint density at radius 2 is 1.79 bits per heavy atom. The molecule has 2 amide bonds. The summed E-state index contributed by atoms with van der Waals surface area (Å²) in [4.78, 5) is 29.1. The molecule has 6 rings (SSSR count). The number of rotatable bonds is 5. The Morgan fingerprint density at radius 1 is 1.03 bits per heavy atom. The number of hydrogen-bond donors (Lipinski definition) is 1. The van der Waals surface area contributed by atoms with Crippen LogP contribution < -0.4 is 5.32 Å². The largest absolute Gasteiger partial charge is 0.351 e. The van der Waals surface area contributed by atoms with E-state index in [9.17, 15) is 9.59 Å². The summed E-state index contributed by atoms with van der Waals surface area (Å²) in [6, 6.07) is 22.9. The zero-order chi connectivity index (χ0) is 22.6. The minimum Gasteiger partial charge on any atom is -0.351 e. The predicted molar refractivity (Wildman–Crippen MR) is 127 cm³/mol. The summed E-state index contributed by atoms with van der Waals surface area (Å²) in [5.74, 6) is -0.353. The first-order chi connectivity index (χ1) is 16.1. The third kappa shape index (κ3) is 2.96. The van der Waals surface area contributed by atoms with E-state index in [1.54, 1.807) is 4.90 Å². The number of amides is 2. The first kappa shape index (κ1) is 19.9. The smallest absolute Gasteiger partial charge is 0.254 e. The monoisotopic (exact) mass is 436 g/mol. The standard InChI is InChI=1S/C28H24N2O3/c1-2-22-23-14-15-28(33-23)24(22)27(32)30(17-18-8-4-3-5-9-18)25(28)26(31)29-21-13-12-19-10-6-7-11-20(19)16-21/h3-16,23,25H,2,17H2,1H3,(H,29,31)/t23-,25-,28+/m1/s1. The van der Waals surface area contributed by atoms with Crippen molar-refractivity contribution in [1.29, 1.82) is 0 Å². The Kier molecular flexibility index (Phi) is 4.49. The second-order valence-electron chi connectivity index (χ2n) is 8.82. The number of carbonyl (C=O) groups is 2. The van der Waals surface area contributed by atoms with E-state index in [1.807, 2.05) is 91.9 Å². The molecule has 3 heterocycles. The number of nitrogens with zero attached hydrogens (tertiary/aromatic N) is 1. The molecule has 0 aliphatic carbocycles. The van der Waals surface area contributed by atoms with Crippen molar-refractivity contribution in [2.75, 3.05) is 5.32 Å². The Balaban J connectivity index is 1.39. The molecule has 0 aromatic heterocycles. The highest BCUT2D eigenvalue weighted by molar-refractivity contribution is 6.10. The average Bonchev–Trinajstić information content (AvgIpc) is 3.47. The van der Waals surface area contributed by atoms with E-state index < -0.39 is 11.6 Å². The van der Waals surface area contributed by atoms with Gasteiger partial charge in [-0.25, -0.2) is 0 Å². The van der Waals surface area contributed by atoms with Gasteiger partial charge in [-0.3, -0.25) is 9.59 Å². The highest BCUT2D eigenvalue weighted by Crippen LogP contribution is 2.52. The van der Waals surface area contributed by atoms with E-state index >= 15 is 0 Å². The van der Waals surface area contributed by atoms with E-state index in [0.717, 1.165) is 28.3 Å². The molecule has 1 spiro atoms. The number of hydrogen-bond acceptors (Lipinski definition) is 3. The molecule has 5 heteroatoms. The molecule has 1 N–H and O–H groups in total. The normalized spacial score (nSPS) is 25.2. The molecule has 3 aliphatic heterocycles. The lowest BCUT2D eigenvalue weighted by atomic mass is 9.84. The molecule has 33 heavy (non-hydrogen) atoms. The number of fused-ring (bicyclic) bond motifs is 2. The van der Waals surface area contributed by atoms with Crippen LogP contribution in [-0.2, 0) is 20.9 Å². The van der Waals surface area contributed by atoms with Crippen molar-refractivity contribution < 1.29 is 14.3 Å². The number of nitrogens with one attached hydrogen (secondary N) is 1. The molecule has 3 aliphatic rings. The fourth-order valence-electron chi connectivity index (χ4n) is 5.47. The van der Waals surface area contributed by atoms with Crippen LogP contribution in [0, 0.1) is 0 Å². The van der Waals surface area contributed by atoms with E-state index in [2.05, 4.69) is 5.32 Å². The molecular formula is C28H24N2O3. The van der Waals surface area contributed by atoms with Gasteiger partial charge in [0.2, 0.25) is 0 Å². The number of carbonyl (C=O) groups excluding carboxylic acids is 2. The van der Waals surface area contributed by atoms with Crippen LogP contribution in [0.4, 0.5) is 5.69 Å². The molecule has 0 saturated carbocycles. The van der Waals surface area contributed by atoms with Gasteiger partial charge in [-0.2, -0.15) is 0 Å². The van der Waals surface area contributed by atoms with Crippen LogP contribution in [0.3, 0.4) is 0 Å². The molecule has 3 aromatic rings. The minimum atomic E-state index is -1.02. The van der Waals surface area contributed by atoms with Crippen LogP contribution in [-0.4, -0.2) is 34.5 Å². The van der Waals surface area contributed by atoms with Gasteiger partial charge in [-0.1, -0.05) is 73.7 Å². The van der Waals surface area contributed by atoms with E-state index in [-0.39, 0.29) is 17.9 Å². The van der Waals surface area contributed by atoms with E-state index in [1.165, 1.54) is 0 Å². The summed E-state index contributed by atoms with van der Waals surface area (Å²) < 4.78 is 6.36. The summed E-state index contributed by atoms with van der Waals surface area (Å²) in [6.07, 6.45) is 4.40. The van der Waals surface area contributed by atoms with Gasteiger partial charge in [0.25, 0.3) is 11.8 Å². The number of benzene rings is 3. The Bertz CT molecular complexity index is 1340. The third-order valence-electron chi connectivity index (χ3n) is 6.93. The van der Waals surface area contributed by atoms with Gasteiger partial charge in [0.15, 0.2) is 0 Å². The summed E-state index contributed by atoms with van der Waals surface area (Å²) in [5.41, 5.74) is 2.28. The van der Waals surface area contributed by atoms with Gasteiger partial charge in [0.1, 0.15) is 11.6 Å².